The van der Waals surface area contributed by atoms with Gasteiger partial charge in [0.05, 0.1) is 0 Å². The third-order valence-electron chi connectivity index (χ3n) is 5.95. The zero-order valence-electron chi connectivity index (χ0n) is 18.1. The molecule has 2 aliphatic rings. The molecule has 0 saturated carbocycles. The number of nitrogens with zero attached hydrogens (tertiary/aromatic N) is 2. The van der Waals surface area contributed by atoms with Gasteiger partial charge in [-0.15, -0.1) is 4.40 Å². The number of rotatable bonds is 4. The zero-order chi connectivity index (χ0) is 22.9. The van der Waals surface area contributed by atoms with Crippen molar-refractivity contribution in [2.75, 3.05) is 18.4 Å². The first-order valence-corrected chi connectivity index (χ1v) is 12.2. The highest BCUT2D eigenvalue weighted by Crippen LogP contribution is 2.36. The van der Waals surface area contributed by atoms with E-state index in [2.05, 4.69) is 9.71 Å². The van der Waals surface area contributed by atoms with Gasteiger partial charge in [0, 0.05) is 30.3 Å². The predicted molar refractivity (Wildman–Crippen MR) is 124 cm³/mol. The second-order valence-electron chi connectivity index (χ2n) is 8.17. The number of anilines is 1. The molecular formula is C24H26FN3O3S. The Labute approximate surface area is 187 Å². The average molecular weight is 456 g/mol. The third-order valence-corrected chi connectivity index (χ3v) is 7.36. The number of likely N-dealkylation sites (tertiary alicyclic amines) is 1. The normalized spacial score (nSPS) is 18.6. The van der Waals surface area contributed by atoms with Gasteiger partial charge in [-0.3, -0.25) is 4.79 Å². The van der Waals surface area contributed by atoms with Crippen LogP contribution in [0, 0.1) is 18.7 Å². The predicted octanol–water partition coefficient (Wildman–Crippen LogP) is 4.35. The molecule has 4 rings (SSSR count). The summed E-state index contributed by atoms with van der Waals surface area (Å²) >= 11 is 0. The van der Waals surface area contributed by atoms with Crippen LogP contribution in [0.25, 0.3) is 4.91 Å². The van der Waals surface area contributed by atoms with Crippen molar-refractivity contribution in [1.29, 1.82) is 0 Å². The van der Waals surface area contributed by atoms with Crippen molar-refractivity contribution in [2.45, 2.75) is 33.1 Å². The lowest BCUT2D eigenvalue weighted by atomic mass is 9.94. The molecule has 2 aromatic rings. The topological polar surface area (TPSA) is 78.8 Å². The Morgan fingerprint density at radius 3 is 2.31 bits per heavy atom. The quantitative estimate of drug-likeness (QED) is 0.744. The maximum Gasteiger partial charge on any atom is 0.285 e. The Morgan fingerprint density at radius 1 is 1.09 bits per heavy atom. The van der Waals surface area contributed by atoms with E-state index in [0.717, 1.165) is 11.1 Å². The van der Waals surface area contributed by atoms with E-state index in [1.165, 1.54) is 24.3 Å². The Bertz CT molecular complexity index is 1180. The van der Waals surface area contributed by atoms with Crippen molar-refractivity contribution in [2.24, 2.45) is 10.3 Å². The third kappa shape index (κ3) is 4.46. The van der Waals surface area contributed by atoms with E-state index >= 15 is 0 Å². The van der Waals surface area contributed by atoms with Crippen LogP contribution in [0.5, 0.6) is 0 Å². The molecule has 1 amide bonds. The number of amides is 1. The SMILES string of the molecule is CCC1=C(c2ccc(C)cc2)S(=O)(=O)N=C1N1CCC(C(=O)Nc2ccc(F)cc2)CC1. The Kier molecular flexibility index (Phi) is 6.15. The van der Waals surface area contributed by atoms with Gasteiger partial charge in [0.25, 0.3) is 10.0 Å². The molecule has 0 bridgehead atoms. The van der Waals surface area contributed by atoms with Crippen molar-refractivity contribution >= 4 is 32.4 Å². The highest BCUT2D eigenvalue weighted by atomic mass is 32.2. The maximum absolute atomic E-state index is 13.1. The first-order chi connectivity index (χ1) is 15.3. The second-order valence-corrected chi connectivity index (χ2v) is 9.72. The molecule has 32 heavy (non-hydrogen) atoms. The molecule has 1 N–H and O–H groups in total. The lowest BCUT2D eigenvalue weighted by molar-refractivity contribution is -0.120. The molecule has 0 aliphatic carbocycles. The number of aryl methyl sites for hydroxylation is 1. The number of carbonyl (C=O) groups excluding carboxylic acids is 1. The molecular weight excluding hydrogens is 429 g/mol. The van der Waals surface area contributed by atoms with E-state index in [1.807, 2.05) is 43.0 Å². The summed E-state index contributed by atoms with van der Waals surface area (Å²) < 4.78 is 43.0. The summed E-state index contributed by atoms with van der Waals surface area (Å²) in [6.45, 7) is 4.98. The lowest BCUT2D eigenvalue weighted by Gasteiger charge is -2.33. The van der Waals surface area contributed by atoms with Gasteiger partial charge in [-0.25, -0.2) is 4.39 Å². The zero-order valence-corrected chi connectivity index (χ0v) is 19.0. The van der Waals surface area contributed by atoms with Crippen LogP contribution in [0.3, 0.4) is 0 Å². The standard InChI is InChI=1S/C24H26FN3O3S/c1-3-21-22(17-6-4-16(2)5-7-17)32(30,31)27-23(21)28-14-12-18(13-15-28)24(29)26-20-10-8-19(25)9-11-20/h4-11,18H,3,12-15H2,1-2H3,(H,26,29). The van der Waals surface area contributed by atoms with Gasteiger partial charge in [-0.2, -0.15) is 8.42 Å². The molecule has 2 heterocycles. The van der Waals surface area contributed by atoms with Crippen molar-refractivity contribution < 1.29 is 17.6 Å². The minimum atomic E-state index is -3.77. The first-order valence-electron chi connectivity index (χ1n) is 10.8. The largest absolute Gasteiger partial charge is 0.356 e. The summed E-state index contributed by atoms with van der Waals surface area (Å²) in [5.74, 6) is -0.154. The average Bonchev–Trinajstić information content (AvgIpc) is 3.06. The summed E-state index contributed by atoms with van der Waals surface area (Å²) in [5.41, 5.74) is 3.00. The van der Waals surface area contributed by atoms with Gasteiger partial charge in [0.1, 0.15) is 16.6 Å². The molecule has 0 spiro atoms. The van der Waals surface area contributed by atoms with Crippen molar-refractivity contribution in [3.63, 3.8) is 0 Å². The lowest BCUT2D eigenvalue weighted by Crippen LogP contribution is -2.41. The smallest absolute Gasteiger partial charge is 0.285 e. The van der Waals surface area contributed by atoms with E-state index in [0.29, 0.717) is 49.4 Å². The Hall–Kier alpha value is -3.00. The summed E-state index contributed by atoms with van der Waals surface area (Å²) in [6, 6.07) is 13.1. The number of piperidine rings is 1. The number of sulfonamides is 1. The number of amidine groups is 1. The van der Waals surface area contributed by atoms with Crippen LogP contribution in [-0.4, -0.2) is 38.2 Å². The number of carbonyl (C=O) groups is 1. The fourth-order valence-electron chi connectivity index (χ4n) is 4.20. The van der Waals surface area contributed by atoms with Gasteiger partial charge in [0.2, 0.25) is 5.91 Å². The molecule has 0 aromatic heterocycles. The summed E-state index contributed by atoms with van der Waals surface area (Å²) in [4.78, 5) is 14.9. The van der Waals surface area contributed by atoms with Crippen LogP contribution in [0.4, 0.5) is 10.1 Å². The van der Waals surface area contributed by atoms with Crippen molar-refractivity contribution in [3.8, 4) is 0 Å². The number of hydrogen-bond acceptors (Lipinski definition) is 4. The van der Waals surface area contributed by atoms with Gasteiger partial charge in [0.15, 0.2) is 0 Å². The van der Waals surface area contributed by atoms with Gasteiger partial charge >= 0.3 is 0 Å². The molecule has 2 aliphatic heterocycles. The van der Waals surface area contributed by atoms with Crippen LogP contribution in [0.15, 0.2) is 58.5 Å². The molecule has 0 unspecified atom stereocenters. The molecule has 0 radical (unpaired) electrons. The summed E-state index contributed by atoms with van der Waals surface area (Å²) in [7, 11) is -3.77. The van der Waals surface area contributed by atoms with E-state index in [4.69, 9.17) is 0 Å². The van der Waals surface area contributed by atoms with Crippen molar-refractivity contribution in [1.82, 2.24) is 4.90 Å². The molecule has 0 atom stereocenters. The Balaban J connectivity index is 1.48. The molecule has 8 heteroatoms. The number of halogens is 1. The van der Waals surface area contributed by atoms with Crippen LogP contribution in [0.2, 0.25) is 0 Å². The number of hydrogen-bond donors (Lipinski definition) is 1. The van der Waals surface area contributed by atoms with E-state index in [9.17, 15) is 17.6 Å². The van der Waals surface area contributed by atoms with E-state index < -0.39 is 10.0 Å². The Morgan fingerprint density at radius 2 is 1.72 bits per heavy atom. The highest BCUT2D eigenvalue weighted by molar-refractivity contribution is 8.00. The molecule has 1 fully saturated rings. The monoisotopic (exact) mass is 455 g/mol. The fourth-order valence-corrected chi connectivity index (χ4v) is 5.72. The second kappa shape index (κ2) is 8.86. The van der Waals surface area contributed by atoms with Gasteiger partial charge in [-0.05, 0) is 56.0 Å². The van der Waals surface area contributed by atoms with Gasteiger partial charge < -0.3 is 10.2 Å². The minimum Gasteiger partial charge on any atom is -0.356 e. The minimum absolute atomic E-state index is 0.108. The maximum atomic E-state index is 13.1. The summed E-state index contributed by atoms with van der Waals surface area (Å²) in [5, 5.41) is 2.83. The van der Waals surface area contributed by atoms with E-state index in [1.54, 1.807) is 0 Å². The highest BCUT2D eigenvalue weighted by Gasteiger charge is 2.36. The van der Waals surface area contributed by atoms with Crippen LogP contribution < -0.4 is 5.32 Å². The molecule has 6 nitrogen and oxygen atoms in total. The first kappa shape index (κ1) is 22.2. The van der Waals surface area contributed by atoms with Crippen LogP contribution in [-0.2, 0) is 14.8 Å². The molecule has 168 valence electrons. The van der Waals surface area contributed by atoms with E-state index in [-0.39, 0.29) is 22.5 Å². The van der Waals surface area contributed by atoms with Crippen LogP contribution >= 0.6 is 0 Å². The van der Waals surface area contributed by atoms with Crippen LogP contribution in [0.1, 0.15) is 37.3 Å². The fraction of sp³-hybridized carbons (Fsp3) is 0.333. The summed E-state index contributed by atoms with van der Waals surface area (Å²) in [6.07, 6.45) is 1.72. The molecule has 2 aromatic carbocycles. The number of nitrogens with one attached hydrogen (secondary N) is 1. The molecule has 1 saturated heterocycles. The van der Waals surface area contributed by atoms with Gasteiger partial charge in [-0.1, -0.05) is 36.8 Å². The van der Waals surface area contributed by atoms with Crippen molar-refractivity contribution in [3.05, 3.63) is 71.0 Å². The number of benzene rings is 2.